The molecule has 0 aliphatic heterocycles. The molecule has 1 heterocycles. The average Bonchev–Trinajstić information content (AvgIpc) is 2.98. The number of imidazole rings is 1. The van der Waals surface area contributed by atoms with Gasteiger partial charge in [0.1, 0.15) is 6.07 Å². The number of hydrogen-bond donors (Lipinski definition) is 0. The van der Waals surface area contributed by atoms with Gasteiger partial charge in [-0.3, -0.25) is 4.79 Å². The van der Waals surface area contributed by atoms with E-state index in [9.17, 15) is 26.4 Å². The first kappa shape index (κ1) is 18.6. The van der Waals surface area contributed by atoms with E-state index in [0.29, 0.717) is 10.0 Å². The van der Waals surface area contributed by atoms with E-state index in [1.54, 1.807) is 6.07 Å². The third-order valence-corrected chi connectivity index (χ3v) is 4.88. The number of rotatable bonds is 4. The molecule has 0 atom stereocenters. The molecule has 0 aliphatic rings. The van der Waals surface area contributed by atoms with Crippen LogP contribution in [0.5, 0.6) is 0 Å². The fraction of sp³-hybridized carbons (Fsp3) is 0.214. The second-order valence-electron chi connectivity index (χ2n) is 5.02. The summed E-state index contributed by atoms with van der Waals surface area (Å²) in [4.78, 5) is 16.1. The summed E-state index contributed by atoms with van der Waals surface area (Å²) >= 11 is 0. The Morgan fingerprint density at radius 2 is 1.88 bits per heavy atom. The lowest BCUT2D eigenvalue weighted by atomic mass is 10.0. The first-order valence-corrected chi connectivity index (χ1v) is 8.03. The topological polar surface area (TPSA) is 96.1 Å². The maximum atomic E-state index is 13.1. The molecule has 0 bridgehead atoms. The normalized spacial score (nSPS) is 12.2. The highest BCUT2D eigenvalue weighted by Gasteiger charge is 2.37. The number of nitrogens with zero attached hydrogens (tertiary/aromatic N) is 4. The van der Waals surface area contributed by atoms with Gasteiger partial charge in [-0.15, -0.1) is 0 Å². The molecule has 0 saturated heterocycles. The summed E-state index contributed by atoms with van der Waals surface area (Å²) in [5, 5.41) is 8.89. The molecule has 11 heteroatoms. The molecular formula is C14H11F3N4O3S. The molecule has 1 aromatic carbocycles. The van der Waals surface area contributed by atoms with Crippen LogP contribution < -0.4 is 0 Å². The molecular weight excluding hydrogens is 361 g/mol. The van der Waals surface area contributed by atoms with Gasteiger partial charge in [0.2, 0.25) is 5.78 Å². The van der Waals surface area contributed by atoms with Gasteiger partial charge in [-0.2, -0.15) is 31.2 Å². The van der Waals surface area contributed by atoms with E-state index in [1.165, 1.54) is 20.2 Å². The summed E-state index contributed by atoms with van der Waals surface area (Å²) in [5.74, 6) is -2.07. The minimum Gasteiger partial charge on any atom is -0.285 e. The Morgan fingerprint density at radius 3 is 2.40 bits per heavy atom. The number of benzene rings is 1. The van der Waals surface area contributed by atoms with Crippen molar-refractivity contribution >= 4 is 16.0 Å². The summed E-state index contributed by atoms with van der Waals surface area (Å²) in [6.07, 6.45) is -4.04. The van der Waals surface area contributed by atoms with Crippen LogP contribution in [0.4, 0.5) is 13.2 Å². The van der Waals surface area contributed by atoms with Crippen LogP contribution >= 0.6 is 0 Å². The van der Waals surface area contributed by atoms with Gasteiger partial charge in [0, 0.05) is 19.7 Å². The van der Waals surface area contributed by atoms with Gasteiger partial charge in [-0.05, 0) is 6.07 Å². The highest BCUT2D eigenvalue weighted by Crippen LogP contribution is 2.32. The zero-order valence-corrected chi connectivity index (χ0v) is 13.8. The van der Waals surface area contributed by atoms with Crippen LogP contribution in [0.2, 0.25) is 0 Å². The lowest BCUT2D eigenvalue weighted by molar-refractivity contribution is -0.137. The van der Waals surface area contributed by atoms with Crippen LogP contribution in [0, 0.1) is 11.3 Å². The molecule has 132 valence electrons. The van der Waals surface area contributed by atoms with Crippen molar-refractivity contribution in [3.05, 3.63) is 53.1 Å². The fourth-order valence-corrected chi connectivity index (χ4v) is 2.90. The van der Waals surface area contributed by atoms with Crippen molar-refractivity contribution in [2.75, 3.05) is 14.1 Å². The van der Waals surface area contributed by atoms with Gasteiger partial charge >= 0.3 is 16.4 Å². The molecule has 7 nitrogen and oxygen atoms in total. The lowest BCUT2D eigenvalue weighted by Gasteiger charge is -2.15. The molecule has 0 spiro atoms. The van der Waals surface area contributed by atoms with Gasteiger partial charge < -0.3 is 0 Å². The molecule has 0 amide bonds. The summed E-state index contributed by atoms with van der Waals surface area (Å²) in [6.45, 7) is 0. The second kappa shape index (κ2) is 6.30. The number of hydrogen-bond acceptors (Lipinski definition) is 5. The molecule has 0 N–H and O–H groups in total. The van der Waals surface area contributed by atoms with Crippen molar-refractivity contribution in [2.45, 2.75) is 6.18 Å². The van der Waals surface area contributed by atoms with Gasteiger partial charge in [-0.1, -0.05) is 18.2 Å². The van der Waals surface area contributed by atoms with Crippen molar-refractivity contribution < 1.29 is 26.4 Å². The predicted octanol–water partition coefficient (Wildman–Crippen LogP) is 1.66. The zero-order chi connectivity index (χ0) is 19.0. The van der Waals surface area contributed by atoms with Crippen LogP contribution in [0.15, 0.2) is 30.5 Å². The third kappa shape index (κ3) is 3.40. The number of carbonyl (C=O) groups is 1. The summed E-state index contributed by atoms with van der Waals surface area (Å²) in [5.41, 5.74) is -2.41. The number of alkyl halides is 3. The first-order chi connectivity index (χ1) is 11.5. The van der Waals surface area contributed by atoms with E-state index in [1.807, 2.05) is 0 Å². The molecule has 2 aromatic rings. The lowest BCUT2D eigenvalue weighted by Crippen LogP contribution is -2.31. The molecule has 0 aliphatic carbocycles. The Balaban J connectivity index is 2.71. The van der Waals surface area contributed by atoms with Gasteiger partial charge in [0.25, 0.3) is 0 Å². The molecule has 0 saturated carbocycles. The maximum Gasteiger partial charge on any atom is 0.417 e. The Hall–Kier alpha value is -2.71. The summed E-state index contributed by atoms with van der Waals surface area (Å²) in [6, 6.07) is 5.49. The SMILES string of the molecule is CN(C)S(=O)(=O)n1cc(C#N)nc1C(=O)c1ccccc1C(F)(F)F. The van der Waals surface area contributed by atoms with Crippen LogP contribution in [0.25, 0.3) is 0 Å². The largest absolute Gasteiger partial charge is 0.417 e. The molecule has 2 rings (SSSR count). The smallest absolute Gasteiger partial charge is 0.285 e. The Bertz CT molecular complexity index is 972. The zero-order valence-electron chi connectivity index (χ0n) is 12.9. The van der Waals surface area contributed by atoms with E-state index in [4.69, 9.17) is 5.26 Å². The summed E-state index contributed by atoms with van der Waals surface area (Å²) in [7, 11) is -1.93. The minimum atomic E-state index is -4.82. The first-order valence-electron chi connectivity index (χ1n) is 6.63. The van der Waals surface area contributed by atoms with Crippen molar-refractivity contribution in [3.8, 4) is 6.07 Å². The monoisotopic (exact) mass is 372 g/mol. The van der Waals surface area contributed by atoms with Gasteiger partial charge in [-0.25, -0.2) is 8.96 Å². The second-order valence-corrected chi connectivity index (χ2v) is 7.04. The molecule has 25 heavy (non-hydrogen) atoms. The molecule has 0 unspecified atom stereocenters. The minimum absolute atomic E-state index is 0.390. The fourth-order valence-electron chi connectivity index (χ4n) is 1.97. The maximum absolute atomic E-state index is 13.1. The predicted molar refractivity (Wildman–Crippen MR) is 79.8 cm³/mol. The van der Waals surface area contributed by atoms with Crippen molar-refractivity contribution in [1.82, 2.24) is 13.3 Å². The van der Waals surface area contributed by atoms with E-state index in [2.05, 4.69) is 4.98 Å². The van der Waals surface area contributed by atoms with Crippen LogP contribution in [0.3, 0.4) is 0 Å². The Kier molecular flexibility index (Phi) is 4.70. The number of nitriles is 1. The van der Waals surface area contributed by atoms with E-state index in [0.717, 1.165) is 22.6 Å². The third-order valence-electron chi connectivity index (χ3n) is 3.18. The van der Waals surface area contributed by atoms with Gasteiger partial charge in [0.15, 0.2) is 11.5 Å². The number of halogens is 3. The summed E-state index contributed by atoms with van der Waals surface area (Å²) < 4.78 is 65.0. The quantitative estimate of drug-likeness (QED) is 0.761. The van der Waals surface area contributed by atoms with Crippen LogP contribution in [-0.2, 0) is 16.4 Å². The van der Waals surface area contributed by atoms with Crippen molar-refractivity contribution in [1.29, 1.82) is 5.26 Å². The van der Waals surface area contributed by atoms with Crippen molar-refractivity contribution in [3.63, 3.8) is 0 Å². The van der Waals surface area contributed by atoms with E-state index < -0.39 is 44.8 Å². The molecule has 0 radical (unpaired) electrons. The van der Waals surface area contributed by atoms with Crippen LogP contribution in [-0.4, -0.2) is 41.6 Å². The van der Waals surface area contributed by atoms with Crippen LogP contribution in [0.1, 0.15) is 27.4 Å². The van der Waals surface area contributed by atoms with E-state index >= 15 is 0 Å². The Morgan fingerprint density at radius 1 is 1.28 bits per heavy atom. The average molecular weight is 372 g/mol. The Labute approximate surface area is 141 Å². The number of carbonyl (C=O) groups excluding carboxylic acids is 1. The highest BCUT2D eigenvalue weighted by atomic mass is 32.2. The molecule has 1 aromatic heterocycles. The molecule has 0 fully saturated rings. The van der Waals surface area contributed by atoms with Gasteiger partial charge in [0.05, 0.1) is 11.8 Å². The highest BCUT2D eigenvalue weighted by molar-refractivity contribution is 7.87. The number of aromatic nitrogens is 2. The van der Waals surface area contributed by atoms with Crippen molar-refractivity contribution in [2.24, 2.45) is 0 Å². The van der Waals surface area contributed by atoms with E-state index in [-0.39, 0.29) is 0 Å². The standard InChI is InChI=1S/C14H11F3N4O3S/c1-20(2)25(23,24)21-8-9(7-18)19-13(21)12(22)10-5-3-4-6-11(10)14(15,16)17/h3-6,8H,1-2H3. The number of ketones is 1.